The molecule has 0 saturated carbocycles. The van der Waals surface area contributed by atoms with Crippen LogP contribution in [0, 0.1) is 11.3 Å². The molecule has 17 heavy (non-hydrogen) atoms. The summed E-state index contributed by atoms with van der Waals surface area (Å²) in [6.07, 6.45) is 0.801. The van der Waals surface area contributed by atoms with Gasteiger partial charge in [0.15, 0.2) is 0 Å². The summed E-state index contributed by atoms with van der Waals surface area (Å²) >= 11 is 9.33. The maximum absolute atomic E-state index is 9.24. The van der Waals surface area contributed by atoms with Crippen molar-refractivity contribution in [3.05, 3.63) is 45.1 Å². The Bertz CT molecular complexity index is 579. The predicted octanol–water partition coefficient (Wildman–Crippen LogP) is 4.53. The molecule has 1 N–H and O–H groups in total. The highest BCUT2D eigenvalue weighted by Crippen LogP contribution is 2.34. The van der Waals surface area contributed by atoms with E-state index in [-0.39, 0.29) is 0 Å². The number of aromatic amines is 1. The first-order chi connectivity index (χ1) is 8.17. The zero-order valence-corrected chi connectivity index (χ0v) is 11.6. The van der Waals surface area contributed by atoms with Crippen LogP contribution in [0.25, 0.3) is 11.1 Å². The molecule has 1 aromatic heterocycles. The Morgan fingerprint density at radius 2 is 2.00 bits per heavy atom. The van der Waals surface area contributed by atoms with Crippen molar-refractivity contribution in [3.8, 4) is 17.2 Å². The lowest BCUT2D eigenvalue weighted by Gasteiger charge is -2.01. The van der Waals surface area contributed by atoms with Crippen LogP contribution in [0.3, 0.4) is 0 Å². The molecule has 0 spiro atoms. The molecule has 0 atom stereocenters. The summed E-state index contributed by atoms with van der Waals surface area (Å²) < 4.78 is 0.841. The van der Waals surface area contributed by atoms with Gasteiger partial charge < -0.3 is 4.98 Å². The zero-order chi connectivity index (χ0) is 12.4. The van der Waals surface area contributed by atoms with Gasteiger partial charge in [-0.05, 0) is 40.0 Å². The fourth-order valence-corrected chi connectivity index (χ4v) is 2.59. The quantitative estimate of drug-likeness (QED) is 0.869. The lowest BCUT2D eigenvalue weighted by atomic mass is 10.0. The minimum Gasteiger partial charge on any atom is -0.352 e. The van der Waals surface area contributed by atoms with Crippen LogP contribution in [0.1, 0.15) is 18.2 Å². The molecule has 0 aliphatic heterocycles. The second kappa shape index (κ2) is 4.95. The number of nitriles is 1. The minimum atomic E-state index is 0.689. The Balaban J connectivity index is 2.63. The molecule has 0 aliphatic rings. The van der Waals surface area contributed by atoms with Gasteiger partial charge in [-0.3, -0.25) is 0 Å². The number of nitrogens with one attached hydrogen (secondary N) is 1. The number of halogens is 2. The molecule has 0 bridgehead atoms. The fourth-order valence-electron chi connectivity index (χ4n) is 1.79. The van der Waals surface area contributed by atoms with Crippen LogP contribution in [0.4, 0.5) is 0 Å². The third kappa shape index (κ3) is 2.24. The zero-order valence-electron chi connectivity index (χ0n) is 9.22. The summed E-state index contributed by atoms with van der Waals surface area (Å²) in [4.78, 5) is 3.19. The van der Waals surface area contributed by atoms with Crippen molar-refractivity contribution in [3.63, 3.8) is 0 Å². The predicted molar refractivity (Wildman–Crippen MR) is 73.0 cm³/mol. The van der Waals surface area contributed by atoms with E-state index < -0.39 is 0 Å². The fraction of sp³-hybridized carbons (Fsp3) is 0.154. The Hall–Kier alpha value is -1.24. The Morgan fingerprint density at radius 3 is 2.53 bits per heavy atom. The second-order valence-corrected chi connectivity index (χ2v) is 4.87. The van der Waals surface area contributed by atoms with E-state index in [1.807, 2.05) is 31.2 Å². The van der Waals surface area contributed by atoms with E-state index in [9.17, 15) is 5.26 Å². The third-order valence-corrected chi connectivity index (χ3v) is 3.48. The van der Waals surface area contributed by atoms with Crippen LogP contribution in [-0.4, -0.2) is 4.98 Å². The molecule has 0 saturated heterocycles. The number of nitrogens with zero attached hydrogens (tertiary/aromatic N) is 1. The molecular weight excluding hydrogens is 300 g/mol. The van der Waals surface area contributed by atoms with E-state index in [0.29, 0.717) is 10.6 Å². The first-order valence-electron chi connectivity index (χ1n) is 5.23. The molecule has 4 heteroatoms. The molecule has 0 radical (unpaired) electrons. The summed E-state index contributed by atoms with van der Waals surface area (Å²) in [7, 11) is 0. The first-order valence-corrected chi connectivity index (χ1v) is 6.40. The smallest absolute Gasteiger partial charge is 0.102 e. The maximum atomic E-state index is 9.24. The van der Waals surface area contributed by atoms with Gasteiger partial charge in [-0.25, -0.2) is 0 Å². The molecule has 0 amide bonds. The van der Waals surface area contributed by atoms with Gasteiger partial charge in [0.25, 0.3) is 0 Å². The second-order valence-electron chi connectivity index (χ2n) is 3.64. The highest BCUT2D eigenvalue weighted by molar-refractivity contribution is 9.10. The monoisotopic (exact) mass is 308 g/mol. The largest absolute Gasteiger partial charge is 0.352 e. The van der Waals surface area contributed by atoms with Crippen LogP contribution in [0.15, 0.2) is 28.9 Å². The van der Waals surface area contributed by atoms with Crippen LogP contribution in [0.5, 0.6) is 0 Å². The Morgan fingerprint density at radius 1 is 1.35 bits per heavy atom. The van der Waals surface area contributed by atoms with E-state index in [1.54, 1.807) is 0 Å². The number of aryl methyl sites for hydroxylation is 1. The normalized spacial score (nSPS) is 10.2. The van der Waals surface area contributed by atoms with E-state index in [0.717, 1.165) is 27.8 Å². The molecule has 2 aromatic rings. The third-order valence-electron chi connectivity index (χ3n) is 2.63. The van der Waals surface area contributed by atoms with Gasteiger partial charge in [0.2, 0.25) is 0 Å². The van der Waals surface area contributed by atoms with Gasteiger partial charge in [0.05, 0.1) is 10.2 Å². The van der Waals surface area contributed by atoms with E-state index in [4.69, 9.17) is 11.6 Å². The molecule has 2 rings (SSSR count). The topological polar surface area (TPSA) is 39.6 Å². The lowest BCUT2D eigenvalue weighted by Crippen LogP contribution is -1.85. The SMILES string of the molecule is CCc1[nH]c(Br)c(-c2ccc(Cl)cc2)c1C#N. The van der Waals surface area contributed by atoms with Gasteiger partial charge in [0, 0.05) is 16.3 Å². The highest BCUT2D eigenvalue weighted by atomic mass is 79.9. The van der Waals surface area contributed by atoms with Crippen molar-refractivity contribution in [2.75, 3.05) is 0 Å². The summed E-state index contributed by atoms with van der Waals surface area (Å²) in [5, 5.41) is 9.93. The summed E-state index contributed by atoms with van der Waals surface area (Å²) in [5.41, 5.74) is 3.53. The van der Waals surface area contributed by atoms with Crippen LogP contribution >= 0.6 is 27.5 Å². The van der Waals surface area contributed by atoms with Crippen molar-refractivity contribution < 1.29 is 0 Å². The molecule has 1 aromatic carbocycles. The lowest BCUT2D eigenvalue weighted by molar-refractivity contribution is 1.05. The van der Waals surface area contributed by atoms with Crippen molar-refractivity contribution in [2.24, 2.45) is 0 Å². The number of hydrogen-bond acceptors (Lipinski definition) is 1. The molecule has 2 nitrogen and oxygen atoms in total. The van der Waals surface area contributed by atoms with Crippen LogP contribution in [-0.2, 0) is 6.42 Å². The van der Waals surface area contributed by atoms with Crippen molar-refractivity contribution in [1.82, 2.24) is 4.98 Å². The molecule has 1 heterocycles. The van der Waals surface area contributed by atoms with Crippen molar-refractivity contribution in [2.45, 2.75) is 13.3 Å². The summed E-state index contributed by atoms with van der Waals surface area (Å²) in [5.74, 6) is 0. The number of hydrogen-bond donors (Lipinski definition) is 1. The van der Waals surface area contributed by atoms with Gasteiger partial charge in [-0.1, -0.05) is 30.7 Å². The van der Waals surface area contributed by atoms with Gasteiger partial charge in [0.1, 0.15) is 6.07 Å². The Kier molecular flexibility index (Phi) is 3.56. The average Bonchev–Trinajstić information content (AvgIpc) is 2.66. The van der Waals surface area contributed by atoms with E-state index in [2.05, 4.69) is 27.0 Å². The maximum Gasteiger partial charge on any atom is 0.102 e. The Labute approximate surface area is 113 Å². The molecule has 0 aliphatic carbocycles. The first kappa shape index (κ1) is 12.2. The number of H-pyrrole nitrogens is 1. The van der Waals surface area contributed by atoms with Gasteiger partial charge in [-0.2, -0.15) is 5.26 Å². The number of aromatic nitrogens is 1. The van der Waals surface area contributed by atoms with Crippen LogP contribution in [0.2, 0.25) is 5.02 Å². The van der Waals surface area contributed by atoms with Crippen molar-refractivity contribution >= 4 is 27.5 Å². The highest BCUT2D eigenvalue weighted by Gasteiger charge is 2.16. The van der Waals surface area contributed by atoms with E-state index >= 15 is 0 Å². The van der Waals surface area contributed by atoms with E-state index in [1.165, 1.54) is 0 Å². The molecule has 86 valence electrons. The number of benzene rings is 1. The molecule has 0 fully saturated rings. The van der Waals surface area contributed by atoms with Gasteiger partial charge in [-0.15, -0.1) is 0 Å². The molecule has 0 unspecified atom stereocenters. The van der Waals surface area contributed by atoms with Crippen molar-refractivity contribution in [1.29, 1.82) is 5.26 Å². The minimum absolute atomic E-state index is 0.689. The van der Waals surface area contributed by atoms with Crippen LogP contribution < -0.4 is 0 Å². The van der Waals surface area contributed by atoms with Gasteiger partial charge >= 0.3 is 0 Å². The standard InChI is InChI=1S/C13H10BrClN2/c1-2-11-10(7-16)12(13(14)17-11)8-3-5-9(15)6-4-8/h3-6,17H,2H2,1H3. The number of rotatable bonds is 2. The molecular formula is C13H10BrClN2. The summed E-state index contributed by atoms with van der Waals surface area (Å²) in [6, 6.07) is 9.73. The average molecular weight is 310 g/mol. The summed E-state index contributed by atoms with van der Waals surface area (Å²) in [6.45, 7) is 2.02.